The molecule has 0 spiro atoms. The molecular formula is C27H33B2N6O3S. The summed E-state index contributed by atoms with van der Waals surface area (Å²) in [5, 5.41) is 16.7. The average Bonchev–Trinajstić information content (AvgIpc) is 3.70. The number of amidine groups is 1. The lowest BCUT2D eigenvalue weighted by Crippen LogP contribution is -2.51. The standard InChI is InChI=1S/C27H33B2N6O3S/c1-6-35-27(5,18-9-7-17(8-10-18)24-16(4)30-14-39-24)31-25(32-35)20-11-19(36)13-34(20)26(37)23(15(2)3)21-12-22(29-28)33-38-21/h7-10,12,14-15,19-20,23,36H,6,11,13H2,1-5H3,(H,31,32). The normalized spacial score (nSPS) is 24.2. The van der Waals surface area contributed by atoms with Gasteiger partial charge in [0, 0.05) is 32.8 Å². The van der Waals surface area contributed by atoms with Crippen molar-refractivity contribution < 1.29 is 14.4 Å². The number of hydrogen-bond acceptors (Lipinski definition) is 9. The Bertz CT molecular complexity index is 1360. The third kappa shape index (κ3) is 5.05. The molecule has 0 aliphatic carbocycles. The summed E-state index contributed by atoms with van der Waals surface area (Å²) in [6.07, 6.45) is -0.250. The predicted molar refractivity (Wildman–Crippen MR) is 154 cm³/mol. The number of carbonyl (C=O) groups excluding carboxylic acids is 1. The SMILES string of the molecule is [B][B]c1cc(C(C(=O)N2CC(O)CC2C2=NC(C)(c3ccc(-c4scnc4C)cc3)N(CC)N2)C(C)C)on1. The van der Waals surface area contributed by atoms with Crippen LogP contribution in [0, 0.1) is 12.8 Å². The van der Waals surface area contributed by atoms with Crippen LogP contribution in [0.3, 0.4) is 0 Å². The molecule has 2 N–H and O–H groups in total. The molecule has 39 heavy (non-hydrogen) atoms. The largest absolute Gasteiger partial charge is 0.391 e. The summed E-state index contributed by atoms with van der Waals surface area (Å²) in [6.45, 7) is 11.0. The van der Waals surface area contributed by atoms with E-state index in [2.05, 4.69) is 58.7 Å². The third-order valence-electron chi connectivity index (χ3n) is 7.70. The highest BCUT2D eigenvalue weighted by molar-refractivity contribution is 7.13. The van der Waals surface area contributed by atoms with E-state index in [4.69, 9.17) is 17.3 Å². The van der Waals surface area contributed by atoms with E-state index < -0.39 is 23.7 Å². The number of carbonyl (C=O) groups is 1. The van der Waals surface area contributed by atoms with Gasteiger partial charge in [0.1, 0.15) is 24.7 Å². The molecule has 4 heterocycles. The molecule has 4 unspecified atom stereocenters. The van der Waals surface area contributed by atoms with Crippen molar-refractivity contribution in [1.29, 1.82) is 0 Å². The molecule has 0 bridgehead atoms. The average molecular weight is 543 g/mol. The van der Waals surface area contributed by atoms with Gasteiger partial charge in [-0.05, 0) is 37.0 Å². The van der Waals surface area contributed by atoms with E-state index in [0.29, 0.717) is 30.2 Å². The summed E-state index contributed by atoms with van der Waals surface area (Å²) >= 11 is 1.63. The monoisotopic (exact) mass is 543 g/mol. The highest BCUT2D eigenvalue weighted by Crippen LogP contribution is 2.37. The van der Waals surface area contributed by atoms with Crippen molar-refractivity contribution >= 4 is 43.6 Å². The van der Waals surface area contributed by atoms with Crippen LogP contribution in [0.15, 0.2) is 45.4 Å². The maximum Gasteiger partial charge on any atom is 0.234 e. The van der Waals surface area contributed by atoms with Gasteiger partial charge in [-0.15, -0.1) is 11.3 Å². The molecule has 9 nitrogen and oxygen atoms in total. The first-order chi connectivity index (χ1) is 18.7. The quantitative estimate of drug-likeness (QED) is 0.420. The smallest absolute Gasteiger partial charge is 0.234 e. The number of benzene rings is 1. The fourth-order valence-corrected chi connectivity index (χ4v) is 6.41. The molecule has 3 radical (unpaired) electrons. The van der Waals surface area contributed by atoms with Gasteiger partial charge < -0.3 is 20.0 Å². The third-order valence-corrected chi connectivity index (χ3v) is 8.68. The van der Waals surface area contributed by atoms with Crippen LogP contribution in [0.1, 0.15) is 57.1 Å². The lowest BCUT2D eigenvalue weighted by molar-refractivity contribution is -0.134. The minimum Gasteiger partial charge on any atom is -0.391 e. The molecular weight excluding hydrogens is 510 g/mol. The second kappa shape index (κ2) is 10.9. The van der Waals surface area contributed by atoms with Crippen molar-refractivity contribution in [2.45, 2.75) is 64.8 Å². The highest BCUT2D eigenvalue weighted by atomic mass is 32.1. The zero-order valence-corrected chi connectivity index (χ0v) is 23.8. The number of aryl methyl sites for hydroxylation is 1. The first kappa shape index (κ1) is 27.6. The van der Waals surface area contributed by atoms with Crippen molar-refractivity contribution in [1.82, 2.24) is 25.5 Å². The maximum atomic E-state index is 13.9. The minimum absolute atomic E-state index is 0.0500. The van der Waals surface area contributed by atoms with E-state index >= 15 is 0 Å². The summed E-state index contributed by atoms with van der Waals surface area (Å²) < 4.78 is 5.49. The molecule has 3 aromatic rings. The molecule has 2 aliphatic heterocycles. The zero-order chi connectivity index (χ0) is 27.9. The molecule has 12 heteroatoms. The maximum absolute atomic E-state index is 13.9. The molecule has 0 saturated carbocycles. The Morgan fingerprint density at radius 2 is 2.10 bits per heavy atom. The number of likely N-dealkylation sites (tertiary alicyclic amines) is 1. The van der Waals surface area contributed by atoms with E-state index in [1.165, 1.54) is 7.17 Å². The Hall–Kier alpha value is -2.95. The zero-order valence-electron chi connectivity index (χ0n) is 23.0. The summed E-state index contributed by atoms with van der Waals surface area (Å²) in [7, 11) is 6.94. The number of aromatic nitrogens is 2. The number of rotatable bonds is 8. The number of thiazole rings is 1. The fourth-order valence-electron chi connectivity index (χ4n) is 5.60. The van der Waals surface area contributed by atoms with Crippen LogP contribution >= 0.6 is 11.3 Å². The number of β-amino-alcohol motifs (C(OH)–C–C–N with tert-alkyl or cyclic N) is 1. The number of nitrogens with one attached hydrogen (secondary N) is 1. The van der Waals surface area contributed by atoms with Crippen LogP contribution in [0.25, 0.3) is 10.4 Å². The van der Waals surface area contributed by atoms with Crippen molar-refractivity contribution in [3.63, 3.8) is 0 Å². The highest BCUT2D eigenvalue weighted by Gasteiger charge is 2.47. The number of amides is 1. The van der Waals surface area contributed by atoms with Crippen LogP contribution in [0.5, 0.6) is 0 Å². The van der Waals surface area contributed by atoms with Crippen LogP contribution < -0.4 is 11.0 Å². The Balaban J connectivity index is 1.44. The van der Waals surface area contributed by atoms with Gasteiger partial charge in [-0.1, -0.05) is 50.2 Å². The summed E-state index contributed by atoms with van der Waals surface area (Å²) in [5.74, 6) is 0.396. The Morgan fingerprint density at radius 3 is 2.69 bits per heavy atom. The number of aliphatic imine (C=N–C) groups is 1. The molecule has 1 fully saturated rings. The number of hydrazine groups is 1. The van der Waals surface area contributed by atoms with Gasteiger partial charge in [0.15, 0.2) is 5.66 Å². The second-order valence-corrected chi connectivity index (χ2v) is 11.5. The molecule has 4 atom stereocenters. The lowest BCUT2D eigenvalue weighted by Gasteiger charge is -2.32. The van der Waals surface area contributed by atoms with Crippen LogP contribution in [-0.4, -0.2) is 77.0 Å². The predicted octanol–water partition coefficient (Wildman–Crippen LogP) is 2.33. The first-order valence-electron chi connectivity index (χ1n) is 13.3. The van der Waals surface area contributed by atoms with Crippen LogP contribution in [-0.2, 0) is 10.5 Å². The van der Waals surface area contributed by atoms with Crippen molar-refractivity contribution in [3.8, 4) is 10.4 Å². The molecule has 201 valence electrons. The Morgan fingerprint density at radius 1 is 1.36 bits per heavy atom. The van der Waals surface area contributed by atoms with Gasteiger partial charge in [-0.3, -0.25) is 4.79 Å². The van der Waals surface area contributed by atoms with Crippen molar-refractivity contribution in [2.24, 2.45) is 10.9 Å². The van der Waals surface area contributed by atoms with Crippen molar-refractivity contribution in [2.75, 3.05) is 13.1 Å². The molecule has 1 saturated heterocycles. The number of nitrogens with zero attached hydrogens (tertiary/aromatic N) is 5. The van der Waals surface area contributed by atoms with Gasteiger partial charge >= 0.3 is 0 Å². The van der Waals surface area contributed by atoms with E-state index in [-0.39, 0.29) is 18.4 Å². The van der Waals surface area contributed by atoms with E-state index in [0.717, 1.165) is 21.7 Å². The molecule has 2 aromatic heterocycles. The van der Waals surface area contributed by atoms with Gasteiger partial charge in [0.05, 0.1) is 28.2 Å². The number of aliphatic hydroxyl groups is 1. The Labute approximate surface area is 235 Å². The second-order valence-electron chi connectivity index (χ2n) is 10.7. The topological polar surface area (TPSA) is 107 Å². The lowest BCUT2D eigenvalue weighted by atomic mass is 9.53. The van der Waals surface area contributed by atoms with E-state index in [9.17, 15) is 9.90 Å². The van der Waals surface area contributed by atoms with E-state index in [1.807, 2.05) is 26.3 Å². The molecule has 1 aromatic carbocycles. The van der Waals surface area contributed by atoms with Crippen LogP contribution in [0.4, 0.5) is 0 Å². The van der Waals surface area contributed by atoms with Crippen molar-refractivity contribution in [3.05, 3.63) is 52.9 Å². The summed E-state index contributed by atoms with van der Waals surface area (Å²) in [5.41, 5.74) is 8.30. The molecule has 5 rings (SSSR count). The van der Waals surface area contributed by atoms with Gasteiger partial charge in [-0.2, -0.15) is 5.01 Å². The minimum atomic E-state index is -0.679. The number of hydrogen-bond donors (Lipinski definition) is 2. The van der Waals surface area contributed by atoms with Gasteiger partial charge in [-0.25, -0.2) is 9.98 Å². The fraction of sp³-hybridized carbons (Fsp3) is 0.481. The van der Waals surface area contributed by atoms with Crippen LogP contribution in [0.2, 0.25) is 0 Å². The van der Waals surface area contributed by atoms with Gasteiger partial charge in [0.25, 0.3) is 0 Å². The number of aliphatic hydroxyl groups excluding tert-OH is 1. The first-order valence-corrected chi connectivity index (χ1v) is 14.2. The van der Waals surface area contributed by atoms with Gasteiger partial charge in [0.2, 0.25) is 5.91 Å². The van der Waals surface area contributed by atoms with E-state index in [1.54, 1.807) is 22.3 Å². The molecule has 1 amide bonds. The summed E-state index contributed by atoms with van der Waals surface area (Å²) in [4.78, 5) is 26.4. The Kier molecular flexibility index (Phi) is 7.72. The molecule has 2 aliphatic rings. The summed E-state index contributed by atoms with van der Waals surface area (Å²) in [6, 6.07) is 9.71.